The standard InChI is InChI=1S/C28H20FN3O5/c1-16-12-13-24(21(29)14-16)32-23-11-3-2-8-20(23)25(27(32)34)31-30-22-10-5-9-19(26(22)33)17-6-4-7-18(15-17)37-28(35)36/h2-15,33-34H,1H3,(H,35,36). The summed E-state index contributed by atoms with van der Waals surface area (Å²) >= 11 is 0. The third-order valence-electron chi connectivity index (χ3n) is 5.79. The number of ether oxygens (including phenoxy) is 1. The van der Waals surface area contributed by atoms with Gasteiger partial charge in [0, 0.05) is 10.9 Å². The number of aryl methyl sites for hydroxylation is 1. The molecular formula is C28H20FN3O5. The number of phenols is 1. The number of phenolic OH excluding ortho intramolecular Hbond substituents is 1. The number of aromatic hydroxyl groups is 2. The van der Waals surface area contributed by atoms with Crippen molar-refractivity contribution in [2.24, 2.45) is 10.2 Å². The first-order valence-corrected chi connectivity index (χ1v) is 11.2. The Morgan fingerprint density at radius 1 is 0.919 bits per heavy atom. The van der Waals surface area contributed by atoms with E-state index in [0.29, 0.717) is 22.0 Å². The summed E-state index contributed by atoms with van der Waals surface area (Å²) in [5.74, 6) is -0.912. The Bertz CT molecular complexity index is 1690. The molecule has 0 aliphatic rings. The molecule has 9 heteroatoms. The first-order chi connectivity index (χ1) is 17.8. The number of hydrogen-bond acceptors (Lipinski definition) is 6. The van der Waals surface area contributed by atoms with Crippen molar-refractivity contribution < 1.29 is 29.2 Å². The smallest absolute Gasteiger partial charge is 0.505 e. The Balaban J connectivity index is 1.58. The Morgan fingerprint density at radius 3 is 2.49 bits per heavy atom. The van der Waals surface area contributed by atoms with Gasteiger partial charge < -0.3 is 20.1 Å². The summed E-state index contributed by atoms with van der Waals surface area (Å²) in [6, 6.07) is 22.8. The second-order valence-electron chi connectivity index (χ2n) is 8.25. The number of azo groups is 1. The molecule has 0 radical (unpaired) electrons. The third-order valence-corrected chi connectivity index (χ3v) is 5.79. The molecule has 37 heavy (non-hydrogen) atoms. The van der Waals surface area contributed by atoms with Crippen LogP contribution >= 0.6 is 0 Å². The molecule has 0 spiro atoms. The number of para-hydroxylation sites is 2. The monoisotopic (exact) mass is 497 g/mol. The minimum atomic E-state index is -1.45. The lowest BCUT2D eigenvalue weighted by Crippen LogP contribution is -2.02. The van der Waals surface area contributed by atoms with E-state index in [0.717, 1.165) is 5.56 Å². The maximum absolute atomic E-state index is 14.8. The summed E-state index contributed by atoms with van der Waals surface area (Å²) < 4.78 is 20.9. The molecule has 0 aliphatic carbocycles. The maximum Gasteiger partial charge on any atom is 0.511 e. The topological polar surface area (TPSA) is 117 Å². The Labute approximate surface area is 210 Å². The maximum atomic E-state index is 14.8. The van der Waals surface area contributed by atoms with E-state index < -0.39 is 12.0 Å². The predicted octanol–water partition coefficient (Wildman–Crippen LogP) is 7.63. The first-order valence-electron chi connectivity index (χ1n) is 11.2. The zero-order valence-electron chi connectivity index (χ0n) is 19.5. The van der Waals surface area contributed by atoms with Crippen LogP contribution in [0.1, 0.15) is 5.56 Å². The second kappa shape index (κ2) is 9.46. The van der Waals surface area contributed by atoms with Gasteiger partial charge in [-0.05, 0) is 54.4 Å². The lowest BCUT2D eigenvalue weighted by atomic mass is 10.0. The van der Waals surface area contributed by atoms with Gasteiger partial charge in [0.05, 0.1) is 11.2 Å². The van der Waals surface area contributed by atoms with Crippen LogP contribution in [-0.4, -0.2) is 26.0 Å². The third kappa shape index (κ3) is 4.45. The average Bonchev–Trinajstić information content (AvgIpc) is 3.14. The molecule has 0 fully saturated rings. The van der Waals surface area contributed by atoms with E-state index in [4.69, 9.17) is 9.84 Å². The van der Waals surface area contributed by atoms with Crippen LogP contribution in [0.2, 0.25) is 0 Å². The summed E-state index contributed by atoms with van der Waals surface area (Å²) in [7, 11) is 0. The van der Waals surface area contributed by atoms with E-state index in [9.17, 15) is 19.4 Å². The van der Waals surface area contributed by atoms with Crippen molar-refractivity contribution >= 4 is 28.4 Å². The van der Waals surface area contributed by atoms with Crippen molar-refractivity contribution in [1.82, 2.24) is 4.57 Å². The summed E-state index contributed by atoms with van der Waals surface area (Å²) in [5.41, 5.74) is 2.53. The van der Waals surface area contributed by atoms with E-state index in [2.05, 4.69) is 10.2 Å². The largest absolute Gasteiger partial charge is 0.511 e. The number of aromatic nitrogens is 1. The van der Waals surface area contributed by atoms with Crippen LogP contribution in [0.25, 0.3) is 27.7 Å². The zero-order valence-corrected chi connectivity index (χ0v) is 19.5. The number of fused-ring (bicyclic) bond motifs is 1. The van der Waals surface area contributed by atoms with Crippen LogP contribution in [0.3, 0.4) is 0 Å². The molecule has 1 aromatic heterocycles. The van der Waals surface area contributed by atoms with Gasteiger partial charge in [0.1, 0.15) is 17.3 Å². The number of carbonyl (C=O) groups is 1. The van der Waals surface area contributed by atoms with Crippen molar-refractivity contribution in [2.75, 3.05) is 0 Å². The predicted molar refractivity (Wildman–Crippen MR) is 136 cm³/mol. The molecule has 184 valence electrons. The minimum absolute atomic E-state index is 0.0949. The molecule has 0 saturated carbocycles. The summed E-state index contributed by atoms with van der Waals surface area (Å²) in [6.07, 6.45) is -1.45. The number of hydrogen-bond donors (Lipinski definition) is 3. The van der Waals surface area contributed by atoms with Crippen LogP contribution < -0.4 is 4.74 Å². The van der Waals surface area contributed by atoms with Gasteiger partial charge in [0.25, 0.3) is 0 Å². The van der Waals surface area contributed by atoms with Gasteiger partial charge in [-0.3, -0.25) is 4.57 Å². The van der Waals surface area contributed by atoms with Gasteiger partial charge in [-0.1, -0.05) is 48.5 Å². The molecule has 0 bridgehead atoms. The summed E-state index contributed by atoms with van der Waals surface area (Å²) in [5, 5.41) is 39.7. The van der Waals surface area contributed by atoms with Gasteiger partial charge in [-0.15, -0.1) is 10.2 Å². The van der Waals surface area contributed by atoms with Gasteiger partial charge in [-0.25, -0.2) is 9.18 Å². The van der Waals surface area contributed by atoms with Gasteiger partial charge in [0.15, 0.2) is 11.4 Å². The molecule has 4 aromatic carbocycles. The average molecular weight is 497 g/mol. The van der Waals surface area contributed by atoms with E-state index in [1.165, 1.54) is 28.8 Å². The number of benzene rings is 4. The molecule has 0 amide bonds. The van der Waals surface area contributed by atoms with E-state index in [1.54, 1.807) is 67.6 Å². The van der Waals surface area contributed by atoms with Crippen LogP contribution in [0.15, 0.2) is 95.2 Å². The minimum Gasteiger partial charge on any atom is -0.505 e. The van der Waals surface area contributed by atoms with E-state index in [1.807, 2.05) is 0 Å². The molecular weight excluding hydrogens is 477 g/mol. The highest BCUT2D eigenvalue weighted by atomic mass is 19.1. The highest BCUT2D eigenvalue weighted by Gasteiger charge is 2.20. The fourth-order valence-corrected chi connectivity index (χ4v) is 4.12. The quantitative estimate of drug-likeness (QED) is 0.131. The van der Waals surface area contributed by atoms with Crippen molar-refractivity contribution in [3.8, 4) is 34.2 Å². The van der Waals surface area contributed by atoms with Crippen LogP contribution in [-0.2, 0) is 0 Å². The van der Waals surface area contributed by atoms with Gasteiger partial charge in [-0.2, -0.15) is 0 Å². The first kappa shape index (κ1) is 23.6. The van der Waals surface area contributed by atoms with Crippen molar-refractivity contribution in [2.45, 2.75) is 6.92 Å². The Kier molecular flexibility index (Phi) is 6.02. The SMILES string of the molecule is Cc1ccc(-n2c(O)c(N=Nc3cccc(-c4cccc(OC(=O)O)c4)c3O)c3ccccc32)c(F)c1. The molecule has 3 N–H and O–H groups in total. The van der Waals surface area contributed by atoms with E-state index >= 15 is 0 Å². The summed E-state index contributed by atoms with van der Waals surface area (Å²) in [6.45, 7) is 1.77. The van der Waals surface area contributed by atoms with Crippen molar-refractivity contribution in [3.63, 3.8) is 0 Å². The molecule has 0 saturated heterocycles. The van der Waals surface area contributed by atoms with Crippen LogP contribution in [0.4, 0.5) is 20.6 Å². The summed E-state index contributed by atoms with van der Waals surface area (Å²) in [4.78, 5) is 10.9. The Hall–Kier alpha value is -5.18. The van der Waals surface area contributed by atoms with Crippen molar-refractivity contribution in [1.29, 1.82) is 0 Å². The highest BCUT2D eigenvalue weighted by molar-refractivity contribution is 5.96. The molecule has 0 unspecified atom stereocenters. The number of carboxylic acid groups (broad SMARTS) is 1. The molecule has 5 aromatic rings. The highest BCUT2D eigenvalue weighted by Crippen LogP contribution is 2.44. The Morgan fingerprint density at radius 2 is 1.70 bits per heavy atom. The van der Waals surface area contributed by atoms with Crippen molar-refractivity contribution in [3.05, 3.63) is 96.3 Å². The lowest BCUT2D eigenvalue weighted by Gasteiger charge is -2.09. The molecule has 1 heterocycles. The second-order valence-corrected chi connectivity index (χ2v) is 8.25. The van der Waals surface area contributed by atoms with E-state index in [-0.39, 0.29) is 34.4 Å². The molecule has 0 atom stereocenters. The fraction of sp³-hybridized carbons (Fsp3) is 0.0357. The molecule has 8 nitrogen and oxygen atoms in total. The number of rotatable bonds is 5. The fourth-order valence-electron chi connectivity index (χ4n) is 4.12. The number of nitrogens with zero attached hydrogens (tertiary/aromatic N) is 3. The lowest BCUT2D eigenvalue weighted by molar-refractivity contribution is 0.144. The molecule has 5 rings (SSSR count). The number of halogens is 1. The van der Waals surface area contributed by atoms with Gasteiger partial charge >= 0.3 is 6.16 Å². The zero-order chi connectivity index (χ0) is 26.1. The molecule has 0 aliphatic heterocycles. The van der Waals surface area contributed by atoms with Gasteiger partial charge in [0.2, 0.25) is 5.88 Å². The van der Waals surface area contributed by atoms with Crippen LogP contribution in [0, 0.1) is 12.7 Å². The van der Waals surface area contributed by atoms with Crippen LogP contribution in [0.5, 0.6) is 17.4 Å². The normalized spacial score (nSPS) is 11.3.